The molecular weight excluding hydrogens is 268 g/mol. The molecule has 0 aliphatic carbocycles. The molecule has 0 atom stereocenters. The number of carboxylic acid groups (broad SMARTS) is 1. The lowest BCUT2D eigenvalue weighted by atomic mass is 10.2. The highest BCUT2D eigenvalue weighted by molar-refractivity contribution is 6.01. The number of nitrogens with zero attached hydrogens (tertiary/aromatic N) is 1. The number of aromatic carboxylic acids is 1. The third-order valence-corrected chi connectivity index (χ3v) is 3.40. The number of hydrogen-bond acceptors (Lipinski definition) is 3. The first-order chi connectivity index (χ1) is 10.2. The summed E-state index contributed by atoms with van der Waals surface area (Å²) in [6, 6.07) is 14.6. The zero-order valence-corrected chi connectivity index (χ0v) is 10.8. The number of H-pyrrole nitrogens is 1. The highest BCUT2D eigenvalue weighted by Gasteiger charge is 2.15. The highest BCUT2D eigenvalue weighted by atomic mass is 16.4. The standard InChI is InChI=1S/C16H10N2O3/c19-16(20)10-5-3-6-11-14(10)18-15(17-11)13-8-9-4-1-2-7-12(9)21-13/h1-8H,(H,17,18)(H,19,20). The molecule has 21 heavy (non-hydrogen) atoms. The molecule has 0 saturated heterocycles. The number of benzene rings is 2. The van der Waals surface area contributed by atoms with Gasteiger partial charge in [0, 0.05) is 5.39 Å². The molecule has 2 aromatic carbocycles. The van der Waals surface area contributed by atoms with Gasteiger partial charge in [-0.1, -0.05) is 24.3 Å². The lowest BCUT2D eigenvalue weighted by Gasteiger charge is -1.93. The SMILES string of the molecule is O=C(O)c1cccc2[nH]c(-c3cc4ccccc4o3)nc12. The summed E-state index contributed by atoms with van der Waals surface area (Å²) in [6.45, 7) is 0. The van der Waals surface area contributed by atoms with Gasteiger partial charge in [-0.15, -0.1) is 0 Å². The van der Waals surface area contributed by atoms with Crippen LogP contribution in [0.2, 0.25) is 0 Å². The molecule has 0 amide bonds. The molecule has 5 nitrogen and oxygen atoms in total. The lowest BCUT2D eigenvalue weighted by Crippen LogP contribution is -1.96. The number of aromatic nitrogens is 2. The van der Waals surface area contributed by atoms with Crippen molar-refractivity contribution in [3.8, 4) is 11.6 Å². The third kappa shape index (κ3) is 1.79. The van der Waals surface area contributed by atoms with Crippen LogP contribution >= 0.6 is 0 Å². The molecule has 102 valence electrons. The van der Waals surface area contributed by atoms with Gasteiger partial charge >= 0.3 is 5.97 Å². The fraction of sp³-hybridized carbons (Fsp3) is 0. The van der Waals surface area contributed by atoms with E-state index in [1.165, 1.54) is 6.07 Å². The van der Waals surface area contributed by atoms with E-state index in [-0.39, 0.29) is 5.56 Å². The van der Waals surface area contributed by atoms with Crippen molar-refractivity contribution in [1.29, 1.82) is 0 Å². The molecule has 0 saturated carbocycles. The van der Waals surface area contributed by atoms with E-state index in [1.807, 2.05) is 30.3 Å². The van der Waals surface area contributed by atoms with E-state index in [4.69, 9.17) is 4.42 Å². The van der Waals surface area contributed by atoms with E-state index in [1.54, 1.807) is 12.1 Å². The first kappa shape index (κ1) is 11.7. The summed E-state index contributed by atoms with van der Waals surface area (Å²) < 4.78 is 5.74. The average molecular weight is 278 g/mol. The van der Waals surface area contributed by atoms with Crippen LogP contribution in [0.15, 0.2) is 52.9 Å². The molecule has 0 radical (unpaired) electrons. The van der Waals surface area contributed by atoms with Crippen LogP contribution in [-0.2, 0) is 0 Å². The molecular formula is C16H10N2O3. The Labute approximate surface area is 118 Å². The van der Waals surface area contributed by atoms with Crippen LogP contribution in [0.1, 0.15) is 10.4 Å². The maximum Gasteiger partial charge on any atom is 0.337 e. The normalized spacial score (nSPS) is 11.2. The molecule has 5 heteroatoms. The maximum absolute atomic E-state index is 11.2. The largest absolute Gasteiger partial charge is 0.478 e. The number of fused-ring (bicyclic) bond motifs is 2. The molecule has 0 bridgehead atoms. The second kappa shape index (κ2) is 4.21. The minimum Gasteiger partial charge on any atom is -0.478 e. The quantitative estimate of drug-likeness (QED) is 0.586. The van der Waals surface area contributed by atoms with E-state index in [9.17, 15) is 9.90 Å². The summed E-state index contributed by atoms with van der Waals surface area (Å²) in [5.74, 6) is 0.113. The fourth-order valence-electron chi connectivity index (χ4n) is 2.42. The fourth-order valence-corrected chi connectivity index (χ4v) is 2.42. The van der Waals surface area contributed by atoms with Crippen LogP contribution in [0.25, 0.3) is 33.6 Å². The average Bonchev–Trinajstić information content (AvgIpc) is 3.09. The van der Waals surface area contributed by atoms with Crippen molar-refractivity contribution < 1.29 is 14.3 Å². The molecule has 2 N–H and O–H groups in total. The number of rotatable bonds is 2. The summed E-state index contributed by atoms with van der Waals surface area (Å²) in [7, 11) is 0. The predicted octanol–water partition coefficient (Wildman–Crippen LogP) is 3.67. The van der Waals surface area contributed by atoms with Gasteiger partial charge in [0.2, 0.25) is 0 Å². The molecule has 0 fully saturated rings. The van der Waals surface area contributed by atoms with Crippen molar-refractivity contribution in [2.45, 2.75) is 0 Å². The van der Waals surface area contributed by atoms with Gasteiger partial charge in [-0.25, -0.2) is 9.78 Å². The second-order valence-corrected chi connectivity index (χ2v) is 4.74. The molecule has 4 rings (SSSR count). The second-order valence-electron chi connectivity index (χ2n) is 4.74. The van der Waals surface area contributed by atoms with Gasteiger partial charge < -0.3 is 14.5 Å². The topological polar surface area (TPSA) is 79.1 Å². The van der Waals surface area contributed by atoms with Crippen LogP contribution < -0.4 is 0 Å². The maximum atomic E-state index is 11.2. The van der Waals surface area contributed by atoms with E-state index in [2.05, 4.69) is 9.97 Å². The smallest absolute Gasteiger partial charge is 0.337 e. The van der Waals surface area contributed by atoms with Gasteiger partial charge in [-0.3, -0.25) is 0 Å². The minimum absolute atomic E-state index is 0.172. The Balaban J connectivity index is 1.94. The number of hydrogen-bond donors (Lipinski definition) is 2. The van der Waals surface area contributed by atoms with Gasteiger partial charge in [-0.05, 0) is 24.3 Å². The molecule has 2 heterocycles. The Hall–Kier alpha value is -3.08. The van der Waals surface area contributed by atoms with Crippen molar-refractivity contribution in [3.63, 3.8) is 0 Å². The van der Waals surface area contributed by atoms with Crippen LogP contribution in [0.4, 0.5) is 0 Å². The van der Waals surface area contributed by atoms with E-state index in [0.29, 0.717) is 22.6 Å². The van der Waals surface area contributed by atoms with Gasteiger partial charge in [0.25, 0.3) is 0 Å². The predicted molar refractivity (Wildman–Crippen MR) is 78.3 cm³/mol. The monoisotopic (exact) mass is 278 g/mol. The molecule has 0 aliphatic heterocycles. The van der Waals surface area contributed by atoms with E-state index in [0.717, 1.165) is 11.0 Å². The number of carbonyl (C=O) groups is 1. The molecule has 0 aliphatic rings. The van der Waals surface area contributed by atoms with Crippen molar-refractivity contribution in [2.24, 2.45) is 0 Å². The van der Waals surface area contributed by atoms with Crippen molar-refractivity contribution in [1.82, 2.24) is 9.97 Å². The zero-order valence-electron chi connectivity index (χ0n) is 10.8. The van der Waals surface area contributed by atoms with Crippen LogP contribution in [0.3, 0.4) is 0 Å². The van der Waals surface area contributed by atoms with Gasteiger partial charge in [0.05, 0.1) is 11.1 Å². The summed E-state index contributed by atoms with van der Waals surface area (Å²) in [5.41, 5.74) is 2.04. The Morgan fingerprint density at radius 2 is 2.00 bits per heavy atom. The minimum atomic E-state index is -0.997. The first-order valence-corrected chi connectivity index (χ1v) is 6.43. The van der Waals surface area contributed by atoms with Gasteiger partial charge in [0.15, 0.2) is 11.6 Å². The lowest BCUT2D eigenvalue weighted by molar-refractivity contribution is 0.0699. The van der Waals surface area contributed by atoms with E-state index >= 15 is 0 Å². The van der Waals surface area contributed by atoms with Gasteiger partial charge in [0.1, 0.15) is 11.1 Å². The molecule has 0 spiro atoms. The number of imidazole rings is 1. The van der Waals surface area contributed by atoms with Crippen LogP contribution in [0.5, 0.6) is 0 Å². The first-order valence-electron chi connectivity index (χ1n) is 6.43. The van der Waals surface area contributed by atoms with Crippen molar-refractivity contribution in [2.75, 3.05) is 0 Å². The highest BCUT2D eigenvalue weighted by Crippen LogP contribution is 2.28. The van der Waals surface area contributed by atoms with Crippen molar-refractivity contribution >= 4 is 28.0 Å². The number of aromatic amines is 1. The number of para-hydroxylation sites is 2. The Kier molecular flexibility index (Phi) is 2.35. The number of carboxylic acids is 1. The van der Waals surface area contributed by atoms with Crippen LogP contribution in [-0.4, -0.2) is 21.0 Å². The summed E-state index contributed by atoms with van der Waals surface area (Å²) >= 11 is 0. The van der Waals surface area contributed by atoms with Crippen LogP contribution in [0, 0.1) is 0 Å². The summed E-state index contributed by atoms with van der Waals surface area (Å²) in [5, 5.41) is 10.2. The molecule has 0 unspecified atom stereocenters. The summed E-state index contributed by atoms with van der Waals surface area (Å²) in [6.07, 6.45) is 0. The zero-order chi connectivity index (χ0) is 14.4. The Morgan fingerprint density at radius 3 is 2.81 bits per heavy atom. The molecule has 4 aromatic rings. The molecule has 2 aromatic heterocycles. The Morgan fingerprint density at radius 1 is 1.14 bits per heavy atom. The van der Waals surface area contributed by atoms with Crippen molar-refractivity contribution in [3.05, 3.63) is 54.1 Å². The third-order valence-electron chi connectivity index (χ3n) is 3.40. The van der Waals surface area contributed by atoms with Gasteiger partial charge in [-0.2, -0.15) is 0 Å². The number of nitrogens with one attached hydrogen (secondary N) is 1. The Bertz CT molecular complexity index is 948. The number of furan rings is 1. The summed E-state index contributed by atoms with van der Waals surface area (Å²) in [4.78, 5) is 18.7. The van der Waals surface area contributed by atoms with E-state index < -0.39 is 5.97 Å².